The van der Waals surface area contributed by atoms with Crippen LogP contribution in [0.1, 0.15) is 11.3 Å². The van der Waals surface area contributed by atoms with Gasteiger partial charge in [0, 0.05) is 18.3 Å². The highest BCUT2D eigenvalue weighted by Crippen LogP contribution is 2.30. The SMILES string of the molecule is COc1cc(C=C2OCCN3C2=NCCN3c2cc(F)c(F)c(F)c2)ccc1-n1cnc(C)c1. The summed E-state index contributed by atoms with van der Waals surface area (Å²) in [4.78, 5) is 8.84. The number of halogens is 3. The highest BCUT2D eigenvalue weighted by molar-refractivity contribution is 6.02. The number of methoxy groups -OCH3 is 1. The fraction of sp³-hybridized carbons (Fsp3) is 0.250. The summed E-state index contributed by atoms with van der Waals surface area (Å²) in [6.07, 6.45) is 5.47. The van der Waals surface area contributed by atoms with Crippen molar-refractivity contribution in [1.29, 1.82) is 0 Å². The van der Waals surface area contributed by atoms with E-state index in [9.17, 15) is 13.2 Å². The molecule has 0 atom stereocenters. The summed E-state index contributed by atoms with van der Waals surface area (Å²) in [5, 5.41) is 3.49. The van der Waals surface area contributed by atoms with Crippen LogP contribution in [0.2, 0.25) is 0 Å². The Hall–Kier alpha value is -3.95. The smallest absolute Gasteiger partial charge is 0.194 e. The lowest BCUT2D eigenvalue weighted by Gasteiger charge is -2.43. The van der Waals surface area contributed by atoms with Gasteiger partial charge in [-0.3, -0.25) is 15.0 Å². The molecule has 0 bridgehead atoms. The molecule has 10 heteroatoms. The Kier molecular flexibility index (Phi) is 5.64. The van der Waals surface area contributed by atoms with E-state index in [1.165, 1.54) is 0 Å². The van der Waals surface area contributed by atoms with Crippen molar-refractivity contribution in [3.05, 3.63) is 77.3 Å². The standard InChI is InChI=1S/C24H22F3N5O2/c1-15-13-30(14-29-15)20-4-3-16(9-21(20)33-2)10-22-24-28-5-6-31(32(24)7-8-34-22)17-11-18(25)23(27)19(26)12-17/h3-4,9-14H,5-8H2,1-2H3. The van der Waals surface area contributed by atoms with Gasteiger partial charge in [0.25, 0.3) is 0 Å². The van der Waals surface area contributed by atoms with Gasteiger partial charge in [-0.25, -0.2) is 18.2 Å². The van der Waals surface area contributed by atoms with Gasteiger partial charge in [0.2, 0.25) is 0 Å². The molecule has 176 valence electrons. The predicted molar refractivity (Wildman–Crippen MR) is 121 cm³/mol. The minimum Gasteiger partial charge on any atom is -0.495 e. The molecule has 2 aliphatic rings. The number of fused-ring (bicyclic) bond motifs is 1. The number of ether oxygens (including phenoxy) is 2. The third-order valence-corrected chi connectivity index (χ3v) is 5.65. The lowest BCUT2D eigenvalue weighted by atomic mass is 10.1. The molecule has 1 fully saturated rings. The maximum atomic E-state index is 13.9. The number of morpholine rings is 1. The Balaban J connectivity index is 1.46. The molecule has 0 amide bonds. The first-order valence-electron chi connectivity index (χ1n) is 10.7. The van der Waals surface area contributed by atoms with Crippen molar-refractivity contribution in [2.45, 2.75) is 6.92 Å². The number of amidine groups is 1. The van der Waals surface area contributed by atoms with E-state index in [2.05, 4.69) is 9.98 Å². The first-order chi connectivity index (χ1) is 16.4. The van der Waals surface area contributed by atoms with Gasteiger partial charge in [0.15, 0.2) is 29.0 Å². The van der Waals surface area contributed by atoms with Crippen LogP contribution >= 0.6 is 0 Å². The topological polar surface area (TPSA) is 55.1 Å². The normalized spacial score (nSPS) is 16.9. The number of aryl methyl sites for hydroxylation is 1. The van der Waals surface area contributed by atoms with Crippen molar-refractivity contribution in [3.63, 3.8) is 0 Å². The summed E-state index contributed by atoms with van der Waals surface area (Å²) >= 11 is 0. The number of rotatable bonds is 4. The Morgan fingerprint density at radius 2 is 1.85 bits per heavy atom. The molecule has 1 aromatic heterocycles. The van der Waals surface area contributed by atoms with E-state index in [4.69, 9.17) is 9.47 Å². The maximum Gasteiger partial charge on any atom is 0.194 e. The molecule has 0 spiro atoms. The van der Waals surface area contributed by atoms with E-state index in [0.717, 1.165) is 29.1 Å². The molecule has 2 aromatic carbocycles. The highest BCUT2D eigenvalue weighted by atomic mass is 19.2. The van der Waals surface area contributed by atoms with Gasteiger partial charge >= 0.3 is 0 Å². The third kappa shape index (κ3) is 3.95. The lowest BCUT2D eigenvalue weighted by molar-refractivity contribution is 0.160. The second-order valence-corrected chi connectivity index (χ2v) is 7.89. The van der Waals surface area contributed by atoms with E-state index in [-0.39, 0.29) is 5.69 Å². The number of aromatic nitrogens is 2. The Morgan fingerprint density at radius 1 is 1.06 bits per heavy atom. The summed E-state index contributed by atoms with van der Waals surface area (Å²) in [7, 11) is 1.60. The molecule has 5 rings (SSSR count). The minimum atomic E-state index is -1.49. The molecule has 0 unspecified atom stereocenters. The molecule has 0 N–H and O–H groups in total. The summed E-state index contributed by atoms with van der Waals surface area (Å²) in [6.45, 7) is 3.47. The largest absolute Gasteiger partial charge is 0.495 e. The fourth-order valence-corrected chi connectivity index (χ4v) is 4.07. The molecule has 0 radical (unpaired) electrons. The van der Waals surface area contributed by atoms with Crippen LogP contribution in [-0.2, 0) is 4.74 Å². The highest BCUT2D eigenvalue weighted by Gasteiger charge is 2.31. The van der Waals surface area contributed by atoms with Crippen molar-refractivity contribution in [2.75, 3.05) is 38.4 Å². The molecule has 7 nitrogen and oxygen atoms in total. The van der Waals surface area contributed by atoms with Crippen LogP contribution in [0.5, 0.6) is 5.75 Å². The van der Waals surface area contributed by atoms with E-state index in [1.54, 1.807) is 23.5 Å². The third-order valence-electron chi connectivity index (χ3n) is 5.65. The molecule has 1 saturated heterocycles. The number of anilines is 1. The van der Waals surface area contributed by atoms with Gasteiger partial charge in [-0.1, -0.05) is 6.07 Å². The first-order valence-corrected chi connectivity index (χ1v) is 10.7. The van der Waals surface area contributed by atoms with Crippen molar-refractivity contribution in [1.82, 2.24) is 14.6 Å². The number of hydrazine groups is 1. The second kappa shape index (κ2) is 8.77. The summed E-state index contributed by atoms with van der Waals surface area (Å²) < 4.78 is 54.6. The number of aliphatic imine (C=N–C) groups is 1. The number of nitrogens with zero attached hydrogens (tertiary/aromatic N) is 5. The predicted octanol–water partition coefficient (Wildman–Crippen LogP) is 4.11. The van der Waals surface area contributed by atoms with E-state index >= 15 is 0 Å². The molecule has 0 aliphatic carbocycles. The van der Waals surface area contributed by atoms with Gasteiger partial charge in [0.05, 0.1) is 50.1 Å². The molecule has 2 aliphatic heterocycles. The zero-order valence-corrected chi connectivity index (χ0v) is 18.6. The second-order valence-electron chi connectivity index (χ2n) is 7.89. The van der Waals surface area contributed by atoms with Crippen LogP contribution in [0.25, 0.3) is 11.8 Å². The van der Waals surface area contributed by atoms with Crippen molar-refractivity contribution < 1.29 is 22.6 Å². The summed E-state index contributed by atoms with van der Waals surface area (Å²) in [5.74, 6) is -2.24. The number of imidazole rings is 1. The van der Waals surface area contributed by atoms with Crippen molar-refractivity contribution in [2.24, 2.45) is 4.99 Å². The molecule has 34 heavy (non-hydrogen) atoms. The van der Waals surface area contributed by atoms with Crippen LogP contribution in [-0.4, -0.2) is 53.7 Å². The number of hydrogen-bond donors (Lipinski definition) is 0. The molecule has 3 aromatic rings. The molecule has 3 heterocycles. The van der Waals surface area contributed by atoms with Gasteiger partial charge in [-0.05, 0) is 30.7 Å². The summed E-state index contributed by atoms with van der Waals surface area (Å²) in [6, 6.07) is 7.70. The van der Waals surface area contributed by atoms with Crippen LogP contribution in [0.4, 0.5) is 18.9 Å². The van der Waals surface area contributed by atoms with Gasteiger partial charge < -0.3 is 14.0 Å². The summed E-state index contributed by atoms with van der Waals surface area (Å²) in [5.41, 5.74) is 2.78. The van der Waals surface area contributed by atoms with E-state index in [1.807, 2.05) is 42.0 Å². The molecular weight excluding hydrogens is 447 g/mol. The van der Waals surface area contributed by atoms with E-state index < -0.39 is 17.5 Å². The zero-order chi connectivity index (χ0) is 23.8. The number of hydrogen-bond acceptors (Lipinski definition) is 6. The molecule has 0 saturated carbocycles. The Bertz CT molecular complexity index is 1280. The molecular formula is C24H22F3N5O2. The lowest BCUT2D eigenvalue weighted by Crippen LogP contribution is -2.55. The average molecular weight is 469 g/mol. The number of benzene rings is 2. The average Bonchev–Trinajstić information content (AvgIpc) is 3.28. The Morgan fingerprint density at radius 3 is 2.56 bits per heavy atom. The van der Waals surface area contributed by atoms with Crippen LogP contribution in [0.3, 0.4) is 0 Å². The van der Waals surface area contributed by atoms with Crippen LogP contribution in [0.15, 0.2) is 53.6 Å². The maximum absolute atomic E-state index is 13.9. The van der Waals surface area contributed by atoms with E-state index in [0.29, 0.717) is 43.6 Å². The van der Waals surface area contributed by atoms with Gasteiger partial charge in [0.1, 0.15) is 12.4 Å². The van der Waals surface area contributed by atoms with Crippen LogP contribution < -0.4 is 9.75 Å². The monoisotopic (exact) mass is 469 g/mol. The fourth-order valence-electron chi connectivity index (χ4n) is 4.07. The van der Waals surface area contributed by atoms with Gasteiger partial charge in [-0.15, -0.1) is 0 Å². The van der Waals surface area contributed by atoms with Crippen molar-refractivity contribution in [3.8, 4) is 11.4 Å². The van der Waals surface area contributed by atoms with Crippen LogP contribution in [0, 0.1) is 24.4 Å². The minimum absolute atomic E-state index is 0.215. The first kappa shape index (κ1) is 21.9. The zero-order valence-electron chi connectivity index (χ0n) is 18.6. The van der Waals surface area contributed by atoms with Gasteiger partial charge in [-0.2, -0.15) is 0 Å². The quantitative estimate of drug-likeness (QED) is 0.539. The van der Waals surface area contributed by atoms with Crippen molar-refractivity contribution >= 4 is 17.6 Å². The Labute approximate surface area is 194 Å².